The number of amidine groups is 1. The minimum Gasteiger partial charge on any atom is -0.338 e. The SMILES string of the molecule is CC1=C(C(=O)Nc2ccccc2)[C@@H](c2ccccc2)N=C(SC(C)C)N1. The molecule has 0 unspecified atom stereocenters. The molecule has 1 amide bonds. The Kier molecular flexibility index (Phi) is 5.78. The third-order valence-electron chi connectivity index (χ3n) is 3.96. The van der Waals surface area contributed by atoms with Gasteiger partial charge in [0.2, 0.25) is 0 Å². The van der Waals surface area contributed by atoms with Gasteiger partial charge in [0, 0.05) is 16.6 Å². The lowest BCUT2D eigenvalue weighted by molar-refractivity contribution is -0.113. The molecular weight excluding hydrogens is 342 g/mol. The number of hydrogen-bond donors (Lipinski definition) is 2. The van der Waals surface area contributed by atoms with Gasteiger partial charge in [0.15, 0.2) is 5.17 Å². The molecule has 3 rings (SSSR count). The highest BCUT2D eigenvalue weighted by molar-refractivity contribution is 8.14. The van der Waals surface area contributed by atoms with Crippen LogP contribution in [0.4, 0.5) is 5.69 Å². The van der Waals surface area contributed by atoms with Gasteiger partial charge in [-0.3, -0.25) is 4.79 Å². The molecule has 1 aliphatic rings. The first-order valence-electron chi connectivity index (χ1n) is 8.68. The smallest absolute Gasteiger partial charge is 0.255 e. The van der Waals surface area contributed by atoms with E-state index < -0.39 is 0 Å². The highest BCUT2D eigenvalue weighted by Gasteiger charge is 2.29. The second kappa shape index (κ2) is 8.23. The quantitative estimate of drug-likeness (QED) is 0.823. The Bertz CT molecular complexity index is 829. The minimum absolute atomic E-state index is 0.132. The van der Waals surface area contributed by atoms with Crippen LogP contribution in [-0.4, -0.2) is 16.3 Å². The van der Waals surface area contributed by atoms with Gasteiger partial charge < -0.3 is 10.6 Å². The highest BCUT2D eigenvalue weighted by Crippen LogP contribution is 2.33. The standard InChI is InChI=1S/C21H23N3OS/c1-14(2)26-21-22-15(3)18(19(24-21)16-10-6-4-7-11-16)20(25)23-17-12-8-5-9-13-17/h4-14,19H,1-3H3,(H,22,24)(H,23,25)/t19-/m1/s1. The molecule has 0 aromatic heterocycles. The van der Waals surface area contributed by atoms with E-state index in [0.29, 0.717) is 10.8 Å². The van der Waals surface area contributed by atoms with E-state index in [1.54, 1.807) is 11.8 Å². The van der Waals surface area contributed by atoms with E-state index in [0.717, 1.165) is 22.1 Å². The van der Waals surface area contributed by atoms with Crippen LogP contribution in [0.15, 0.2) is 76.9 Å². The van der Waals surface area contributed by atoms with Gasteiger partial charge in [-0.15, -0.1) is 0 Å². The fourth-order valence-electron chi connectivity index (χ4n) is 2.82. The Labute approximate surface area is 158 Å². The molecule has 134 valence electrons. The van der Waals surface area contributed by atoms with E-state index in [1.165, 1.54) is 0 Å². The van der Waals surface area contributed by atoms with Crippen molar-refractivity contribution in [2.24, 2.45) is 4.99 Å². The molecular formula is C21H23N3OS. The summed E-state index contributed by atoms with van der Waals surface area (Å²) in [5.74, 6) is -0.132. The lowest BCUT2D eigenvalue weighted by atomic mass is 9.96. The molecule has 0 spiro atoms. The molecule has 0 radical (unpaired) electrons. The van der Waals surface area contributed by atoms with Crippen molar-refractivity contribution in [2.45, 2.75) is 32.1 Å². The van der Waals surface area contributed by atoms with Gasteiger partial charge >= 0.3 is 0 Å². The largest absolute Gasteiger partial charge is 0.338 e. The highest BCUT2D eigenvalue weighted by atomic mass is 32.2. The molecule has 0 bridgehead atoms. The van der Waals surface area contributed by atoms with Crippen LogP contribution in [0.3, 0.4) is 0 Å². The number of thioether (sulfide) groups is 1. The van der Waals surface area contributed by atoms with Crippen LogP contribution in [-0.2, 0) is 4.79 Å². The van der Waals surface area contributed by atoms with E-state index in [4.69, 9.17) is 4.99 Å². The Morgan fingerprint density at radius 1 is 1.08 bits per heavy atom. The Balaban J connectivity index is 1.94. The number of anilines is 1. The number of para-hydroxylation sites is 1. The van der Waals surface area contributed by atoms with Gasteiger partial charge in [-0.25, -0.2) is 4.99 Å². The normalized spacial score (nSPS) is 16.9. The molecule has 0 saturated heterocycles. The van der Waals surface area contributed by atoms with Crippen molar-refractivity contribution in [3.63, 3.8) is 0 Å². The van der Waals surface area contributed by atoms with Crippen molar-refractivity contribution < 1.29 is 4.79 Å². The lowest BCUT2D eigenvalue weighted by Crippen LogP contribution is -2.32. The van der Waals surface area contributed by atoms with Crippen LogP contribution in [0.2, 0.25) is 0 Å². The van der Waals surface area contributed by atoms with Crippen LogP contribution in [0.5, 0.6) is 0 Å². The summed E-state index contributed by atoms with van der Waals surface area (Å²) in [5.41, 5.74) is 3.27. The first-order valence-corrected chi connectivity index (χ1v) is 9.56. The summed E-state index contributed by atoms with van der Waals surface area (Å²) in [6, 6.07) is 19.1. The fraction of sp³-hybridized carbons (Fsp3) is 0.238. The average molecular weight is 366 g/mol. The maximum Gasteiger partial charge on any atom is 0.255 e. The summed E-state index contributed by atoms with van der Waals surface area (Å²) in [5, 5.41) is 7.54. The Hall–Kier alpha value is -2.53. The number of nitrogens with one attached hydrogen (secondary N) is 2. The lowest BCUT2D eigenvalue weighted by Gasteiger charge is -2.27. The maximum absolute atomic E-state index is 13.0. The van der Waals surface area contributed by atoms with Crippen LogP contribution < -0.4 is 10.6 Å². The first kappa shape index (κ1) is 18.3. The number of aliphatic imine (C=N–C) groups is 1. The molecule has 0 saturated carbocycles. The van der Waals surface area contributed by atoms with Crippen molar-refractivity contribution >= 4 is 28.5 Å². The van der Waals surface area contributed by atoms with E-state index in [-0.39, 0.29) is 11.9 Å². The summed E-state index contributed by atoms with van der Waals surface area (Å²) in [4.78, 5) is 17.8. The monoisotopic (exact) mass is 365 g/mol. The van der Waals surface area contributed by atoms with Crippen molar-refractivity contribution in [3.05, 3.63) is 77.5 Å². The molecule has 1 atom stereocenters. The summed E-state index contributed by atoms with van der Waals surface area (Å²) in [6.07, 6.45) is 0. The van der Waals surface area contributed by atoms with Gasteiger partial charge in [0.25, 0.3) is 5.91 Å². The predicted molar refractivity (Wildman–Crippen MR) is 110 cm³/mol. The van der Waals surface area contributed by atoms with Crippen LogP contribution in [0, 0.1) is 0 Å². The Morgan fingerprint density at radius 3 is 2.31 bits per heavy atom. The number of hydrogen-bond acceptors (Lipinski definition) is 4. The van der Waals surface area contributed by atoms with Crippen molar-refractivity contribution in [3.8, 4) is 0 Å². The van der Waals surface area contributed by atoms with Crippen molar-refractivity contribution in [1.82, 2.24) is 5.32 Å². The number of allylic oxidation sites excluding steroid dienone is 1. The van der Waals surface area contributed by atoms with Crippen molar-refractivity contribution in [1.29, 1.82) is 0 Å². The molecule has 0 fully saturated rings. The zero-order valence-corrected chi connectivity index (χ0v) is 16.0. The van der Waals surface area contributed by atoms with Gasteiger partial charge in [-0.05, 0) is 24.6 Å². The van der Waals surface area contributed by atoms with E-state index in [1.807, 2.05) is 67.6 Å². The number of amides is 1. The van der Waals surface area contributed by atoms with Gasteiger partial charge in [0.05, 0.1) is 5.57 Å². The van der Waals surface area contributed by atoms with Gasteiger partial charge in [-0.1, -0.05) is 74.1 Å². The molecule has 2 aromatic carbocycles. The predicted octanol–water partition coefficient (Wildman–Crippen LogP) is 4.74. The van der Waals surface area contributed by atoms with Gasteiger partial charge in [0.1, 0.15) is 6.04 Å². The summed E-state index contributed by atoms with van der Waals surface area (Å²) in [7, 11) is 0. The molecule has 26 heavy (non-hydrogen) atoms. The summed E-state index contributed by atoms with van der Waals surface area (Å²) < 4.78 is 0. The van der Waals surface area contributed by atoms with E-state index in [2.05, 4.69) is 24.5 Å². The molecule has 5 heteroatoms. The number of benzene rings is 2. The summed E-state index contributed by atoms with van der Waals surface area (Å²) in [6.45, 7) is 6.19. The number of carbonyl (C=O) groups is 1. The van der Waals surface area contributed by atoms with Crippen LogP contribution in [0.1, 0.15) is 32.4 Å². The number of nitrogens with zero attached hydrogens (tertiary/aromatic N) is 1. The number of rotatable bonds is 4. The van der Waals surface area contributed by atoms with Crippen LogP contribution in [0.25, 0.3) is 0 Å². The zero-order valence-electron chi connectivity index (χ0n) is 15.2. The van der Waals surface area contributed by atoms with Crippen molar-refractivity contribution in [2.75, 3.05) is 5.32 Å². The third-order valence-corrected chi connectivity index (χ3v) is 4.86. The molecule has 2 aromatic rings. The second-order valence-corrected chi connectivity index (χ2v) is 7.96. The van der Waals surface area contributed by atoms with Gasteiger partial charge in [-0.2, -0.15) is 0 Å². The average Bonchev–Trinajstić information content (AvgIpc) is 2.62. The second-order valence-electron chi connectivity index (χ2n) is 6.40. The fourth-order valence-corrected chi connectivity index (χ4v) is 3.65. The summed E-state index contributed by atoms with van der Waals surface area (Å²) >= 11 is 1.67. The molecule has 1 aliphatic heterocycles. The molecule has 1 heterocycles. The molecule has 4 nitrogen and oxygen atoms in total. The third kappa shape index (κ3) is 4.35. The van der Waals surface area contributed by atoms with Crippen LogP contribution >= 0.6 is 11.8 Å². The Morgan fingerprint density at radius 2 is 1.69 bits per heavy atom. The van der Waals surface area contributed by atoms with E-state index in [9.17, 15) is 4.79 Å². The minimum atomic E-state index is -0.317. The molecule has 0 aliphatic carbocycles. The molecule has 2 N–H and O–H groups in total. The zero-order chi connectivity index (χ0) is 18.5. The van der Waals surface area contributed by atoms with E-state index >= 15 is 0 Å². The number of carbonyl (C=O) groups excluding carboxylic acids is 1. The first-order chi connectivity index (χ1) is 12.5. The topological polar surface area (TPSA) is 53.5 Å². The maximum atomic E-state index is 13.0.